The Hall–Kier alpha value is -2.87. The van der Waals surface area contributed by atoms with Crippen LogP contribution in [0.15, 0.2) is 36.7 Å². The minimum atomic E-state index is -0.524. The van der Waals surface area contributed by atoms with E-state index in [0.717, 1.165) is 18.4 Å². The molecule has 0 spiro atoms. The van der Waals surface area contributed by atoms with Gasteiger partial charge in [-0.25, -0.2) is 14.4 Å². The molecule has 0 atom stereocenters. The van der Waals surface area contributed by atoms with Crippen molar-refractivity contribution in [3.63, 3.8) is 0 Å². The van der Waals surface area contributed by atoms with Gasteiger partial charge >= 0.3 is 0 Å². The highest BCUT2D eigenvalue weighted by Gasteiger charge is 2.19. The number of amides is 2. The molecule has 0 fully saturated rings. The minimum Gasteiger partial charge on any atom is -0.351 e. The normalized spacial score (nSPS) is 10.3. The fourth-order valence-corrected chi connectivity index (χ4v) is 2.09. The van der Waals surface area contributed by atoms with E-state index in [4.69, 9.17) is 5.73 Å². The molecule has 0 bridgehead atoms. The molecule has 0 saturated carbocycles. The predicted octanol–water partition coefficient (Wildman–Crippen LogP) is 1.01. The lowest BCUT2D eigenvalue weighted by Gasteiger charge is -2.09. The zero-order valence-electron chi connectivity index (χ0n) is 13.7. The van der Waals surface area contributed by atoms with Gasteiger partial charge < -0.3 is 16.4 Å². The number of benzene rings is 1. The van der Waals surface area contributed by atoms with Crippen LogP contribution >= 0.6 is 0 Å². The van der Waals surface area contributed by atoms with Crippen LogP contribution in [0.4, 0.5) is 4.39 Å². The Labute approximate surface area is 144 Å². The van der Waals surface area contributed by atoms with E-state index in [1.807, 2.05) is 0 Å². The first-order chi connectivity index (χ1) is 12.1. The number of hydrogen-bond donors (Lipinski definition) is 3. The molecule has 1 aromatic carbocycles. The van der Waals surface area contributed by atoms with Gasteiger partial charge in [0.15, 0.2) is 11.4 Å². The fourth-order valence-electron chi connectivity index (χ4n) is 2.09. The van der Waals surface area contributed by atoms with Crippen molar-refractivity contribution in [2.24, 2.45) is 5.73 Å². The largest absolute Gasteiger partial charge is 0.351 e. The zero-order valence-corrected chi connectivity index (χ0v) is 13.7. The molecular weight excluding hydrogens is 325 g/mol. The molecule has 0 aliphatic carbocycles. The maximum atomic E-state index is 12.9. The fraction of sp³-hybridized carbons (Fsp3) is 0.294. The highest BCUT2D eigenvalue weighted by atomic mass is 19.1. The smallest absolute Gasteiger partial charge is 0.272 e. The van der Waals surface area contributed by atoms with E-state index in [1.54, 1.807) is 12.1 Å². The maximum Gasteiger partial charge on any atom is 0.272 e. The molecule has 1 heterocycles. The number of carbonyl (C=O) groups excluding carboxylic acids is 2. The van der Waals surface area contributed by atoms with Gasteiger partial charge in [0.2, 0.25) is 0 Å². The summed E-state index contributed by atoms with van der Waals surface area (Å²) in [6.07, 6.45) is 4.24. The summed E-state index contributed by atoms with van der Waals surface area (Å²) < 4.78 is 12.9. The van der Waals surface area contributed by atoms with Crippen LogP contribution in [-0.2, 0) is 6.54 Å². The third-order valence-electron chi connectivity index (χ3n) is 3.41. The third-order valence-corrected chi connectivity index (χ3v) is 3.41. The Morgan fingerprint density at radius 1 is 0.960 bits per heavy atom. The molecule has 0 aliphatic heterocycles. The SMILES string of the molecule is NCCCCNC(=O)c1nccnc1C(=O)NCc1ccc(F)cc1. The van der Waals surface area contributed by atoms with Gasteiger partial charge in [-0.2, -0.15) is 0 Å². The number of unbranched alkanes of at least 4 members (excludes halogenated alkanes) is 1. The Morgan fingerprint density at radius 2 is 1.56 bits per heavy atom. The number of rotatable bonds is 8. The van der Waals surface area contributed by atoms with E-state index in [-0.39, 0.29) is 23.7 Å². The summed E-state index contributed by atoms with van der Waals surface area (Å²) in [5, 5.41) is 5.34. The van der Waals surface area contributed by atoms with Crippen molar-refractivity contribution in [1.29, 1.82) is 0 Å². The van der Waals surface area contributed by atoms with Gasteiger partial charge in [0.25, 0.3) is 11.8 Å². The van der Waals surface area contributed by atoms with Crippen LogP contribution in [-0.4, -0.2) is 34.9 Å². The number of nitrogens with one attached hydrogen (secondary N) is 2. The second-order valence-corrected chi connectivity index (χ2v) is 5.31. The summed E-state index contributed by atoms with van der Waals surface area (Å²) in [6, 6.07) is 5.75. The van der Waals surface area contributed by atoms with Gasteiger partial charge in [-0.15, -0.1) is 0 Å². The summed E-state index contributed by atoms with van der Waals surface area (Å²) in [4.78, 5) is 32.4. The van der Waals surface area contributed by atoms with Crippen LogP contribution in [0.1, 0.15) is 39.4 Å². The summed E-state index contributed by atoms with van der Waals surface area (Å²) in [7, 11) is 0. The third kappa shape index (κ3) is 5.61. The van der Waals surface area contributed by atoms with Crippen molar-refractivity contribution < 1.29 is 14.0 Å². The van der Waals surface area contributed by atoms with Gasteiger partial charge in [0.05, 0.1) is 0 Å². The van der Waals surface area contributed by atoms with Crippen molar-refractivity contribution in [2.75, 3.05) is 13.1 Å². The monoisotopic (exact) mass is 345 g/mol. The summed E-state index contributed by atoms with van der Waals surface area (Å²) >= 11 is 0. The second-order valence-electron chi connectivity index (χ2n) is 5.31. The van der Waals surface area contributed by atoms with Gasteiger partial charge in [-0.1, -0.05) is 12.1 Å². The van der Waals surface area contributed by atoms with Crippen LogP contribution in [0, 0.1) is 5.82 Å². The molecule has 25 heavy (non-hydrogen) atoms. The van der Waals surface area contributed by atoms with Crippen molar-refractivity contribution in [2.45, 2.75) is 19.4 Å². The van der Waals surface area contributed by atoms with Crippen molar-refractivity contribution in [1.82, 2.24) is 20.6 Å². The maximum absolute atomic E-state index is 12.9. The lowest BCUT2D eigenvalue weighted by atomic mass is 10.2. The molecule has 0 radical (unpaired) electrons. The Balaban J connectivity index is 1.99. The molecule has 0 saturated heterocycles. The summed E-state index contributed by atoms with van der Waals surface area (Å²) in [5.41, 5.74) is 6.04. The number of aromatic nitrogens is 2. The van der Waals surface area contributed by atoms with Crippen molar-refractivity contribution >= 4 is 11.8 Å². The van der Waals surface area contributed by atoms with Gasteiger partial charge in [0, 0.05) is 25.5 Å². The lowest BCUT2D eigenvalue weighted by molar-refractivity contribution is 0.0909. The van der Waals surface area contributed by atoms with Crippen LogP contribution in [0.3, 0.4) is 0 Å². The molecule has 2 rings (SSSR count). The molecule has 0 aliphatic rings. The van der Waals surface area contributed by atoms with E-state index in [1.165, 1.54) is 24.5 Å². The first-order valence-corrected chi connectivity index (χ1v) is 7.93. The lowest BCUT2D eigenvalue weighted by Crippen LogP contribution is -2.31. The number of nitrogens with two attached hydrogens (primary N) is 1. The van der Waals surface area contributed by atoms with Crippen LogP contribution in [0.25, 0.3) is 0 Å². The Bertz CT molecular complexity index is 721. The molecule has 0 unspecified atom stereocenters. The quantitative estimate of drug-likeness (QED) is 0.619. The second kappa shape index (κ2) is 9.43. The molecule has 8 heteroatoms. The van der Waals surface area contributed by atoms with Crippen molar-refractivity contribution in [3.8, 4) is 0 Å². The van der Waals surface area contributed by atoms with E-state index in [2.05, 4.69) is 20.6 Å². The van der Waals surface area contributed by atoms with Crippen LogP contribution in [0.2, 0.25) is 0 Å². The van der Waals surface area contributed by atoms with E-state index in [0.29, 0.717) is 13.1 Å². The molecule has 7 nitrogen and oxygen atoms in total. The van der Waals surface area contributed by atoms with Gasteiger partial charge in [-0.3, -0.25) is 9.59 Å². The number of carbonyl (C=O) groups is 2. The van der Waals surface area contributed by atoms with E-state index in [9.17, 15) is 14.0 Å². The van der Waals surface area contributed by atoms with Gasteiger partial charge in [0.1, 0.15) is 5.82 Å². The standard InChI is InChI=1S/C17H20FN5O2/c18-13-5-3-12(4-6-13)11-23-17(25)15-14(20-9-10-21-15)16(24)22-8-2-1-7-19/h3-6,9-10H,1-2,7-8,11,19H2,(H,22,24)(H,23,25). The minimum absolute atomic E-state index is 0.0353. The predicted molar refractivity (Wildman–Crippen MR) is 90.2 cm³/mol. The molecule has 2 amide bonds. The van der Waals surface area contributed by atoms with Crippen LogP contribution in [0.5, 0.6) is 0 Å². The molecule has 1 aromatic heterocycles. The number of hydrogen-bond acceptors (Lipinski definition) is 5. The van der Waals surface area contributed by atoms with Gasteiger partial charge in [-0.05, 0) is 37.1 Å². The highest BCUT2D eigenvalue weighted by Crippen LogP contribution is 2.05. The molecule has 132 valence electrons. The number of halogens is 1. The molecular formula is C17H20FN5O2. The average molecular weight is 345 g/mol. The zero-order chi connectivity index (χ0) is 18.1. The summed E-state index contributed by atoms with van der Waals surface area (Å²) in [5.74, 6) is -1.33. The molecule has 2 aromatic rings. The Kier molecular flexibility index (Phi) is 6.97. The van der Waals surface area contributed by atoms with E-state index < -0.39 is 11.8 Å². The average Bonchev–Trinajstić information content (AvgIpc) is 2.64. The summed E-state index contributed by atoms with van der Waals surface area (Å²) in [6.45, 7) is 1.19. The topological polar surface area (TPSA) is 110 Å². The first-order valence-electron chi connectivity index (χ1n) is 7.93. The first kappa shape index (κ1) is 18.5. The van der Waals surface area contributed by atoms with Crippen molar-refractivity contribution in [3.05, 3.63) is 59.4 Å². The Morgan fingerprint density at radius 3 is 2.16 bits per heavy atom. The molecule has 4 N–H and O–H groups in total. The van der Waals surface area contributed by atoms with E-state index >= 15 is 0 Å². The number of nitrogens with zero attached hydrogens (tertiary/aromatic N) is 2. The van der Waals surface area contributed by atoms with Crippen LogP contribution < -0.4 is 16.4 Å². The highest BCUT2D eigenvalue weighted by molar-refractivity contribution is 6.04.